The Morgan fingerprint density at radius 1 is 1.16 bits per heavy atom. The SMILES string of the molecule is COCCN(CC1CN(Cc2ccc(O)c(OC)c2)CC1c1ccc(C)cc1)C(C)=O. The van der Waals surface area contributed by atoms with Gasteiger partial charge in [0, 0.05) is 52.7 Å². The van der Waals surface area contributed by atoms with Gasteiger partial charge in [0.05, 0.1) is 13.7 Å². The molecule has 6 nitrogen and oxygen atoms in total. The van der Waals surface area contributed by atoms with Gasteiger partial charge in [-0.3, -0.25) is 9.69 Å². The molecule has 3 rings (SSSR count). The summed E-state index contributed by atoms with van der Waals surface area (Å²) in [6, 6.07) is 14.3. The van der Waals surface area contributed by atoms with Crippen LogP contribution in [0.4, 0.5) is 0 Å². The molecule has 1 N–H and O–H groups in total. The normalized spacial score (nSPS) is 18.8. The standard InChI is InChI=1S/C25H34N2O4/c1-18-5-8-21(9-6-18)23-17-26(14-20-7-10-24(29)25(13-20)31-4)15-22(23)16-27(19(2)28)11-12-30-3/h5-10,13,22-23,29H,11-12,14-17H2,1-4H3. The third kappa shape index (κ3) is 5.99. The van der Waals surface area contributed by atoms with Crippen molar-refractivity contribution in [3.8, 4) is 11.5 Å². The number of ether oxygens (including phenoxy) is 2. The Bertz CT molecular complexity index is 868. The van der Waals surface area contributed by atoms with E-state index >= 15 is 0 Å². The predicted octanol–water partition coefficient (Wildman–Crippen LogP) is 3.42. The molecule has 1 amide bonds. The van der Waals surface area contributed by atoms with Gasteiger partial charge in [-0.15, -0.1) is 0 Å². The molecule has 31 heavy (non-hydrogen) atoms. The number of hydrogen-bond acceptors (Lipinski definition) is 5. The molecule has 1 aliphatic heterocycles. The molecule has 2 aromatic rings. The Balaban J connectivity index is 1.79. The van der Waals surface area contributed by atoms with Crippen LogP contribution in [0.1, 0.15) is 29.5 Å². The van der Waals surface area contributed by atoms with Crippen LogP contribution in [0.5, 0.6) is 11.5 Å². The maximum Gasteiger partial charge on any atom is 0.219 e. The fourth-order valence-electron chi connectivity index (χ4n) is 4.41. The number of likely N-dealkylation sites (tertiary alicyclic amines) is 1. The number of rotatable bonds is 9. The zero-order chi connectivity index (χ0) is 22.4. The molecule has 2 aromatic carbocycles. The summed E-state index contributed by atoms with van der Waals surface area (Å²) in [5, 5.41) is 9.89. The number of amides is 1. The number of hydrogen-bond donors (Lipinski definition) is 1. The molecule has 1 fully saturated rings. The number of methoxy groups -OCH3 is 2. The van der Waals surface area contributed by atoms with Crippen LogP contribution in [0, 0.1) is 12.8 Å². The lowest BCUT2D eigenvalue weighted by molar-refractivity contribution is -0.130. The van der Waals surface area contributed by atoms with E-state index < -0.39 is 0 Å². The highest BCUT2D eigenvalue weighted by Crippen LogP contribution is 2.35. The summed E-state index contributed by atoms with van der Waals surface area (Å²) in [6.45, 7) is 8.19. The molecule has 0 radical (unpaired) electrons. The average Bonchev–Trinajstić information content (AvgIpc) is 3.14. The first-order chi connectivity index (χ1) is 14.9. The average molecular weight is 427 g/mol. The molecule has 0 saturated carbocycles. The minimum atomic E-state index is 0.0847. The number of aromatic hydroxyl groups is 1. The molecule has 1 saturated heterocycles. The number of carbonyl (C=O) groups excluding carboxylic acids is 1. The van der Waals surface area contributed by atoms with Crippen LogP contribution in [0.3, 0.4) is 0 Å². The van der Waals surface area contributed by atoms with Crippen LogP contribution in [-0.4, -0.2) is 67.8 Å². The number of aryl methyl sites for hydroxylation is 1. The molecule has 168 valence electrons. The summed E-state index contributed by atoms with van der Waals surface area (Å²) >= 11 is 0. The van der Waals surface area contributed by atoms with E-state index in [1.54, 1.807) is 27.2 Å². The smallest absolute Gasteiger partial charge is 0.219 e. The van der Waals surface area contributed by atoms with Gasteiger partial charge < -0.3 is 19.5 Å². The van der Waals surface area contributed by atoms with Crippen molar-refractivity contribution in [2.45, 2.75) is 26.3 Å². The van der Waals surface area contributed by atoms with E-state index in [0.717, 1.165) is 25.2 Å². The van der Waals surface area contributed by atoms with Crippen LogP contribution in [-0.2, 0) is 16.1 Å². The molecular formula is C25H34N2O4. The zero-order valence-corrected chi connectivity index (χ0v) is 19.0. The Hall–Kier alpha value is -2.57. The first-order valence-electron chi connectivity index (χ1n) is 10.8. The summed E-state index contributed by atoms with van der Waals surface area (Å²) in [6.07, 6.45) is 0. The molecule has 0 bridgehead atoms. The second-order valence-electron chi connectivity index (χ2n) is 8.44. The van der Waals surface area contributed by atoms with E-state index in [1.807, 2.05) is 17.0 Å². The van der Waals surface area contributed by atoms with Gasteiger partial charge in [0.25, 0.3) is 0 Å². The van der Waals surface area contributed by atoms with Gasteiger partial charge in [-0.25, -0.2) is 0 Å². The number of carbonyl (C=O) groups is 1. The van der Waals surface area contributed by atoms with Crippen molar-refractivity contribution in [3.63, 3.8) is 0 Å². The van der Waals surface area contributed by atoms with Crippen LogP contribution >= 0.6 is 0 Å². The van der Waals surface area contributed by atoms with E-state index in [-0.39, 0.29) is 11.7 Å². The van der Waals surface area contributed by atoms with Crippen LogP contribution in [0.2, 0.25) is 0 Å². The Kier molecular flexibility index (Phi) is 7.93. The van der Waals surface area contributed by atoms with Crippen molar-refractivity contribution in [2.75, 3.05) is 47.0 Å². The summed E-state index contributed by atoms with van der Waals surface area (Å²) < 4.78 is 10.5. The fourth-order valence-corrected chi connectivity index (χ4v) is 4.41. The molecule has 2 unspecified atom stereocenters. The molecule has 0 spiro atoms. The fraction of sp³-hybridized carbons (Fsp3) is 0.480. The van der Waals surface area contributed by atoms with Crippen molar-refractivity contribution < 1.29 is 19.4 Å². The monoisotopic (exact) mass is 426 g/mol. The van der Waals surface area contributed by atoms with E-state index in [0.29, 0.717) is 37.3 Å². The second kappa shape index (κ2) is 10.6. The van der Waals surface area contributed by atoms with E-state index in [2.05, 4.69) is 36.1 Å². The maximum atomic E-state index is 12.2. The largest absolute Gasteiger partial charge is 0.504 e. The van der Waals surface area contributed by atoms with Crippen molar-refractivity contribution in [1.29, 1.82) is 0 Å². The zero-order valence-electron chi connectivity index (χ0n) is 19.0. The lowest BCUT2D eigenvalue weighted by Crippen LogP contribution is -2.38. The maximum absolute atomic E-state index is 12.2. The third-order valence-corrected chi connectivity index (χ3v) is 6.14. The van der Waals surface area contributed by atoms with E-state index in [1.165, 1.54) is 11.1 Å². The summed E-state index contributed by atoms with van der Waals surface area (Å²) in [5.74, 6) is 1.41. The molecule has 0 aliphatic carbocycles. The lowest BCUT2D eigenvalue weighted by Gasteiger charge is -2.27. The highest BCUT2D eigenvalue weighted by Gasteiger charge is 2.35. The topological polar surface area (TPSA) is 62.2 Å². The van der Waals surface area contributed by atoms with Gasteiger partial charge in [-0.1, -0.05) is 35.9 Å². The Morgan fingerprint density at radius 2 is 1.90 bits per heavy atom. The van der Waals surface area contributed by atoms with Crippen LogP contribution in [0.15, 0.2) is 42.5 Å². The van der Waals surface area contributed by atoms with Gasteiger partial charge in [0.1, 0.15) is 0 Å². The number of nitrogens with zero attached hydrogens (tertiary/aromatic N) is 2. The Labute approximate surface area is 185 Å². The second-order valence-corrected chi connectivity index (χ2v) is 8.44. The van der Waals surface area contributed by atoms with Gasteiger partial charge in [0.2, 0.25) is 5.91 Å². The molecule has 1 heterocycles. The molecule has 1 aliphatic rings. The van der Waals surface area contributed by atoms with E-state index in [4.69, 9.17) is 9.47 Å². The van der Waals surface area contributed by atoms with Crippen LogP contribution < -0.4 is 4.74 Å². The van der Waals surface area contributed by atoms with Crippen molar-refractivity contribution in [1.82, 2.24) is 9.80 Å². The third-order valence-electron chi connectivity index (χ3n) is 6.14. The first kappa shape index (κ1) is 23.1. The summed E-state index contributed by atoms with van der Waals surface area (Å²) in [5.41, 5.74) is 3.66. The minimum absolute atomic E-state index is 0.0847. The van der Waals surface area contributed by atoms with Crippen molar-refractivity contribution >= 4 is 5.91 Å². The van der Waals surface area contributed by atoms with Crippen LogP contribution in [0.25, 0.3) is 0 Å². The highest BCUT2D eigenvalue weighted by molar-refractivity contribution is 5.73. The molecule has 2 atom stereocenters. The minimum Gasteiger partial charge on any atom is -0.504 e. The highest BCUT2D eigenvalue weighted by atomic mass is 16.5. The van der Waals surface area contributed by atoms with Crippen molar-refractivity contribution in [3.05, 3.63) is 59.2 Å². The Morgan fingerprint density at radius 3 is 2.55 bits per heavy atom. The molecular weight excluding hydrogens is 392 g/mol. The predicted molar refractivity (Wildman–Crippen MR) is 121 cm³/mol. The molecule has 0 aromatic heterocycles. The molecule has 6 heteroatoms. The number of phenolic OH excluding ortho intramolecular Hbond substituents is 1. The van der Waals surface area contributed by atoms with Gasteiger partial charge >= 0.3 is 0 Å². The lowest BCUT2D eigenvalue weighted by atomic mass is 9.88. The first-order valence-corrected chi connectivity index (χ1v) is 10.8. The van der Waals surface area contributed by atoms with Gasteiger partial charge in [-0.2, -0.15) is 0 Å². The number of phenols is 1. The van der Waals surface area contributed by atoms with Crippen molar-refractivity contribution in [2.24, 2.45) is 5.92 Å². The summed E-state index contributed by atoms with van der Waals surface area (Å²) in [7, 11) is 3.23. The quantitative estimate of drug-likeness (QED) is 0.666. The van der Waals surface area contributed by atoms with E-state index in [9.17, 15) is 9.90 Å². The van der Waals surface area contributed by atoms with Gasteiger partial charge in [0.15, 0.2) is 11.5 Å². The van der Waals surface area contributed by atoms with Gasteiger partial charge in [-0.05, 0) is 36.1 Å². The number of benzene rings is 2. The summed E-state index contributed by atoms with van der Waals surface area (Å²) in [4.78, 5) is 16.6.